The summed E-state index contributed by atoms with van der Waals surface area (Å²) in [4.78, 5) is 10.9. The summed E-state index contributed by atoms with van der Waals surface area (Å²) >= 11 is 0. The SMILES string of the molecule is C[C@H](NCc1ccc(COc2cc(F)ccc2F)cc1)C(N)=O. The van der Waals surface area contributed by atoms with Crippen molar-refractivity contribution in [1.29, 1.82) is 0 Å². The maximum atomic E-state index is 13.4. The van der Waals surface area contributed by atoms with E-state index in [0.29, 0.717) is 6.54 Å². The van der Waals surface area contributed by atoms with Crippen molar-refractivity contribution in [3.05, 3.63) is 65.2 Å². The van der Waals surface area contributed by atoms with Crippen LogP contribution < -0.4 is 15.8 Å². The molecule has 23 heavy (non-hydrogen) atoms. The highest BCUT2D eigenvalue weighted by Crippen LogP contribution is 2.19. The lowest BCUT2D eigenvalue weighted by molar-refractivity contribution is -0.119. The van der Waals surface area contributed by atoms with Crippen molar-refractivity contribution in [2.24, 2.45) is 5.73 Å². The number of hydrogen-bond donors (Lipinski definition) is 2. The first kappa shape index (κ1) is 16.9. The van der Waals surface area contributed by atoms with Crippen molar-refractivity contribution in [2.45, 2.75) is 26.1 Å². The third-order valence-corrected chi connectivity index (χ3v) is 3.35. The predicted molar refractivity (Wildman–Crippen MR) is 82.6 cm³/mol. The number of nitrogens with one attached hydrogen (secondary N) is 1. The van der Waals surface area contributed by atoms with Gasteiger partial charge in [0.25, 0.3) is 0 Å². The zero-order valence-corrected chi connectivity index (χ0v) is 12.7. The van der Waals surface area contributed by atoms with Crippen molar-refractivity contribution in [3.8, 4) is 5.75 Å². The maximum Gasteiger partial charge on any atom is 0.234 e. The second-order valence-corrected chi connectivity index (χ2v) is 5.18. The fourth-order valence-electron chi connectivity index (χ4n) is 1.87. The van der Waals surface area contributed by atoms with E-state index in [9.17, 15) is 13.6 Å². The molecule has 3 N–H and O–H groups in total. The van der Waals surface area contributed by atoms with Gasteiger partial charge in [0.2, 0.25) is 5.91 Å². The minimum atomic E-state index is -0.604. The first-order chi connectivity index (χ1) is 11.0. The lowest BCUT2D eigenvalue weighted by Gasteiger charge is -2.11. The van der Waals surface area contributed by atoms with Crippen LogP contribution >= 0.6 is 0 Å². The van der Waals surface area contributed by atoms with Gasteiger partial charge in [-0.25, -0.2) is 8.78 Å². The van der Waals surface area contributed by atoms with E-state index in [-0.39, 0.29) is 12.4 Å². The Morgan fingerprint density at radius 2 is 1.83 bits per heavy atom. The summed E-state index contributed by atoms with van der Waals surface area (Å²) in [7, 11) is 0. The summed E-state index contributed by atoms with van der Waals surface area (Å²) in [5.74, 6) is -1.68. The molecule has 0 heterocycles. The Bertz CT molecular complexity index is 675. The van der Waals surface area contributed by atoms with Gasteiger partial charge in [0, 0.05) is 12.6 Å². The molecule has 4 nitrogen and oxygen atoms in total. The number of carbonyl (C=O) groups is 1. The van der Waals surface area contributed by atoms with Crippen molar-refractivity contribution in [2.75, 3.05) is 0 Å². The van der Waals surface area contributed by atoms with Crippen LogP contribution in [0.5, 0.6) is 5.75 Å². The lowest BCUT2D eigenvalue weighted by atomic mass is 10.1. The van der Waals surface area contributed by atoms with Crippen LogP contribution in [0.3, 0.4) is 0 Å². The van der Waals surface area contributed by atoms with Gasteiger partial charge in [0.15, 0.2) is 11.6 Å². The van der Waals surface area contributed by atoms with Gasteiger partial charge in [-0.1, -0.05) is 24.3 Å². The van der Waals surface area contributed by atoms with E-state index in [0.717, 1.165) is 29.3 Å². The number of primary amides is 1. The molecule has 0 bridgehead atoms. The van der Waals surface area contributed by atoms with Crippen LogP contribution in [-0.2, 0) is 17.9 Å². The van der Waals surface area contributed by atoms with Crippen LogP contribution in [0.25, 0.3) is 0 Å². The Kier molecular flexibility index (Phi) is 5.65. The summed E-state index contributed by atoms with van der Waals surface area (Å²) in [6.45, 7) is 2.33. The van der Waals surface area contributed by atoms with Crippen molar-refractivity contribution >= 4 is 5.91 Å². The highest BCUT2D eigenvalue weighted by atomic mass is 19.1. The van der Waals surface area contributed by atoms with E-state index in [1.54, 1.807) is 6.92 Å². The van der Waals surface area contributed by atoms with Crippen molar-refractivity contribution in [1.82, 2.24) is 5.32 Å². The van der Waals surface area contributed by atoms with Crippen LogP contribution in [-0.4, -0.2) is 11.9 Å². The van der Waals surface area contributed by atoms with E-state index in [1.807, 2.05) is 24.3 Å². The molecule has 6 heteroatoms. The zero-order chi connectivity index (χ0) is 16.8. The average molecular weight is 320 g/mol. The Balaban J connectivity index is 1.90. The number of ether oxygens (including phenoxy) is 1. The second-order valence-electron chi connectivity index (χ2n) is 5.18. The minimum absolute atomic E-state index is 0.119. The van der Waals surface area contributed by atoms with Crippen LogP contribution in [0.1, 0.15) is 18.1 Å². The molecule has 0 radical (unpaired) electrons. The third-order valence-electron chi connectivity index (χ3n) is 3.35. The molecule has 1 atom stereocenters. The van der Waals surface area contributed by atoms with Gasteiger partial charge in [-0.05, 0) is 30.2 Å². The van der Waals surface area contributed by atoms with E-state index < -0.39 is 23.6 Å². The molecule has 0 aliphatic carbocycles. The largest absolute Gasteiger partial charge is 0.486 e. The number of benzene rings is 2. The highest BCUT2D eigenvalue weighted by Gasteiger charge is 2.08. The molecule has 0 saturated carbocycles. The highest BCUT2D eigenvalue weighted by molar-refractivity contribution is 5.79. The Labute approximate surface area is 133 Å². The first-order valence-electron chi connectivity index (χ1n) is 7.14. The standard InChI is InChI=1S/C17H18F2N2O2/c1-11(17(20)22)21-9-12-2-4-13(5-3-12)10-23-16-8-14(18)6-7-15(16)19/h2-8,11,21H,9-10H2,1H3,(H2,20,22)/t11-/m0/s1. The predicted octanol–water partition coefficient (Wildman–Crippen LogP) is 2.51. The van der Waals surface area contributed by atoms with Gasteiger partial charge in [-0.2, -0.15) is 0 Å². The number of rotatable bonds is 7. The van der Waals surface area contributed by atoms with Gasteiger partial charge >= 0.3 is 0 Å². The summed E-state index contributed by atoms with van der Waals surface area (Å²) < 4.78 is 31.8. The maximum absolute atomic E-state index is 13.4. The number of carbonyl (C=O) groups excluding carboxylic acids is 1. The Morgan fingerprint density at radius 1 is 1.17 bits per heavy atom. The fourth-order valence-corrected chi connectivity index (χ4v) is 1.87. The Morgan fingerprint density at radius 3 is 2.48 bits per heavy atom. The van der Waals surface area contributed by atoms with Gasteiger partial charge in [0.05, 0.1) is 6.04 Å². The molecule has 0 unspecified atom stereocenters. The summed E-state index contributed by atoms with van der Waals surface area (Å²) in [5, 5.41) is 2.99. The summed E-state index contributed by atoms with van der Waals surface area (Å²) in [5.41, 5.74) is 6.96. The lowest BCUT2D eigenvalue weighted by Crippen LogP contribution is -2.38. The molecule has 122 valence electrons. The van der Waals surface area contributed by atoms with Gasteiger partial charge < -0.3 is 15.8 Å². The molecule has 0 saturated heterocycles. The van der Waals surface area contributed by atoms with Gasteiger partial charge in [-0.3, -0.25) is 4.79 Å². The van der Waals surface area contributed by atoms with Crippen LogP contribution in [0.4, 0.5) is 8.78 Å². The molecule has 0 spiro atoms. The van der Waals surface area contributed by atoms with Crippen LogP contribution in [0.15, 0.2) is 42.5 Å². The van der Waals surface area contributed by atoms with Gasteiger partial charge in [0.1, 0.15) is 12.4 Å². The quantitative estimate of drug-likeness (QED) is 0.824. The molecule has 1 amide bonds. The monoisotopic (exact) mass is 320 g/mol. The fraction of sp³-hybridized carbons (Fsp3) is 0.235. The molecule has 0 aliphatic heterocycles. The van der Waals surface area contributed by atoms with Crippen LogP contribution in [0, 0.1) is 11.6 Å². The molecule has 0 aromatic heterocycles. The van der Waals surface area contributed by atoms with Crippen molar-refractivity contribution < 1.29 is 18.3 Å². The second kappa shape index (κ2) is 7.69. The zero-order valence-electron chi connectivity index (χ0n) is 12.7. The number of nitrogens with two attached hydrogens (primary N) is 1. The van der Waals surface area contributed by atoms with E-state index in [2.05, 4.69) is 5.32 Å². The topological polar surface area (TPSA) is 64.3 Å². The molecule has 0 aliphatic rings. The minimum Gasteiger partial charge on any atom is -0.486 e. The van der Waals surface area contributed by atoms with E-state index in [1.165, 1.54) is 0 Å². The molecular formula is C17H18F2N2O2. The third kappa shape index (κ3) is 5.03. The molecular weight excluding hydrogens is 302 g/mol. The number of halogens is 2. The van der Waals surface area contributed by atoms with Crippen LogP contribution in [0.2, 0.25) is 0 Å². The normalized spacial score (nSPS) is 12.0. The van der Waals surface area contributed by atoms with Gasteiger partial charge in [-0.15, -0.1) is 0 Å². The summed E-state index contributed by atoms with van der Waals surface area (Å²) in [6, 6.07) is 10.0. The molecule has 0 fully saturated rings. The summed E-state index contributed by atoms with van der Waals surface area (Å²) in [6.07, 6.45) is 0. The van der Waals surface area contributed by atoms with E-state index >= 15 is 0 Å². The van der Waals surface area contributed by atoms with E-state index in [4.69, 9.17) is 10.5 Å². The number of hydrogen-bond acceptors (Lipinski definition) is 3. The average Bonchev–Trinajstić information content (AvgIpc) is 2.54. The molecule has 2 aromatic carbocycles. The van der Waals surface area contributed by atoms with Crippen molar-refractivity contribution in [3.63, 3.8) is 0 Å². The smallest absolute Gasteiger partial charge is 0.234 e. The number of amides is 1. The molecule has 2 aromatic rings. The molecule has 2 rings (SSSR count). The Hall–Kier alpha value is -2.47. The first-order valence-corrected chi connectivity index (χ1v) is 7.14.